The van der Waals surface area contributed by atoms with Gasteiger partial charge in [-0.05, 0) is 43.3 Å². The molecule has 1 N–H and O–H groups in total. The van der Waals surface area contributed by atoms with Crippen molar-refractivity contribution in [2.24, 2.45) is 0 Å². The van der Waals surface area contributed by atoms with Gasteiger partial charge in [-0.1, -0.05) is 12.1 Å². The van der Waals surface area contributed by atoms with Gasteiger partial charge in [-0.25, -0.2) is 8.78 Å². The molecule has 2 amide bonds. The predicted molar refractivity (Wildman–Crippen MR) is 86.7 cm³/mol. The van der Waals surface area contributed by atoms with E-state index < -0.39 is 17.5 Å². The molecule has 0 aliphatic rings. The SMILES string of the molecule is C[C@@H](CNC(=O)c1cccc(F)c1)N(C)C(=O)c1cccc(F)c1. The number of carbonyl (C=O) groups is 2. The van der Waals surface area contributed by atoms with E-state index in [0.29, 0.717) is 0 Å². The summed E-state index contributed by atoms with van der Waals surface area (Å²) < 4.78 is 26.3. The van der Waals surface area contributed by atoms with Crippen LogP contribution >= 0.6 is 0 Å². The van der Waals surface area contributed by atoms with Crippen LogP contribution in [-0.2, 0) is 0 Å². The molecule has 0 aliphatic heterocycles. The van der Waals surface area contributed by atoms with Crippen LogP contribution in [0.1, 0.15) is 27.6 Å². The Morgan fingerprint density at radius 3 is 2.17 bits per heavy atom. The van der Waals surface area contributed by atoms with Crippen LogP contribution in [0.4, 0.5) is 8.78 Å². The van der Waals surface area contributed by atoms with Gasteiger partial charge in [0.1, 0.15) is 11.6 Å². The Hall–Kier alpha value is -2.76. The molecule has 0 radical (unpaired) electrons. The summed E-state index contributed by atoms with van der Waals surface area (Å²) >= 11 is 0. The minimum atomic E-state index is -0.492. The molecule has 24 heavy (non-hydrogen) atoms. The van der Waals surface area contributed by atoms with Crippen molar-refractivity contribution in [3.8, 4) is 0 Å². The highest BCUT2D eigenvalue weighted by Gasteiger charge is 2.18. The topological polar surface area (TPSA) is 49.4 Å². The van der Waals surface area contributed by atoms with Crippen LogP contribution in [0.15, 0.2) is 48.5 Å². The van der Waals surface area contributed by atoms with Gasteiger partial charge in [0.05, 0.1) is 0 Å². The second-order valence-corrected chi connectivity index (χ2v) is 5.50. The summed E-state index contributed by atoms with van der Waals surface area (Å²) in [6.07, 6.45) is 0. The van der Waals surface area contributed by atoms with E-state index in [1.54, 1.807) is 14.0 Å². The predicted octanol–water partition coefficient (Wildman–Crippen LogP) is 2.86. The van der Waals surface area contributed by atoms with Gasteiger partial charge >= 0.3 is 0 Å². The van der Waals surface area contributed by atoms with Crippen LogP contribution in [0, 0.1) is 11.6 Å². The highest BCUT2D eigenvalue weighted by molar-refractivity contribution is 5.95. The third-order valence-electron chi connectivity index (χ3n) is 3.70. The van der Waals surface area contributed by atoms with Crippen molar-refractivity contribution in [3.05, 3.63) is 71.3 Å². The zero-order valence-corrected chi connectivity index (χ0v) is 13.4. The lowest BCUT2D eigenvalue weighted by molar-refractivity contribution is 0.0731. The monoisotopic (exact) mass is 332 g/mol. The van der Waals surface area contributed by atoms with Crippen molar-refractivity contribution < 1.29 is 18.4 Å². The molecule has 126 valence electrons. The molecule has 1 atom stereocenters. The molecule has 0 aliphatic carbocycles. The summed E-state index contributed by atoms with van der Waals surface area (Å²) in [7, 11) is 1.58. The molecule has 2 aromatic carbocycles. The van der Waals surface area contributed by atoms with E-state index in [-0.39, 0.29) is 29.6 Å². The van der Waals surface area contributed by atoms with Crippen LogP contribution in [0.25, 0.3) is 0 Å². The van der Waals surface area contributed by atoms with E-state index in [4.69, 9.17) is 0 Å². The van der Waals surface area contributed by atoms with Gasteiger partial charge in [-0.2, -0.15) is 0 Å². The van der Waals surface area contributed by atoms with Gasteiger partial charge in [-0.3, -0.25) is 9.59 Å². The Bertz CT molecular complexity index is 749. The van der Waals surface area contributed by atoms with E-state index in [9.17, 15) is 18.4 Å². The molecular weight excluding hydrogens is 314 g/mol. The second kappa shape index (κ2) is 7.68. The maximum Gasteiger partial charge on any atom is 0.253 e. The van der Waals surface area contributed by atoms with Gasteiger partial charge in [0.2, 0.25) is 0 Å². The molecule has 0 aromatic heterocycles. The molecule has 0 saturated heterocycles. The normalized spacial score (nSPS) is 11.7. The highest BCUT2D eigenvalue weighted by Crippen LogP contribution is 2.09. The first-order chi connectivity index (χ1) is 11.4. The smallest absolute Gasteiger partial charge is 0.253 e. The minimum absolute atomic E-state index is 0.187. The number of nitrogens with one attached hydrogen (secondary N) is 1. The number of amides is 2. The van der Waals surface area contributed by atoms with E-state index in [2.05, 4.69) is 5.32 Å². The van der Waals surface area contributed by atoms with Crippen LogP contribution in [0.3, 0.4) is 0 Å². The molecule has 2 rings (SSSR count). The Labute approximate surface area is 139 Å². The van der Waals surface area contributed by atoms with Crippen LogP contribution in [0.5, 0.6) is 0 Å². The largest absolute Gasteiger partial charge is 0.350 e. The summed E-state index contributed by atoms with van der Waals surface area (Å²) in [5, 5.41) is 2.65. The van der Waals surface area contributed by atoms with Crippen LogP contribution in [-0.4, -0.2) is 36.3 Å². The number of hydrogen-bond donors (Lipinski definition) is 1. The van der Waals surface area contributed by atoms with Crippen molar-refractivity contribution in [1.82, 2.24) is 10.2 Å². The summed E-state index contributed by atoms with van der Waals surface area (Å²) in [5.74, 6) is -1.75. The first-order valence-electron chi connectivity index (χ1n) is 7.45. The Morgan fingerprint density at radius 1 is 1.04 bits per heavy atom. The number of carbonyl (C=O) groups excluding carboxylic acids is 2. The lowest BCUT2D eigenvalue weighted by Crippen LogP contribution is -2.43. The molecule has 6 heteroatoms. The van der Waals surface area contributed by atoms with Crippen molar-refractivity contribution in [2.45, 2.75) is 13.0 Å². The number of rotatable bonds is 5. The maximum atomic E-state index is 13.2. The summed E-state index contributed by atoms with van der Waals surface area (Å²) in [6.45, 7) is 1.94. The lowest BCUT2D eigenvalue weighted by Gasteiger charge is -2.25. The van der Waals surface area contributed by atoms with Gasteiger partial charge in [0.25, 0.3) is 11.8 Å². The fourth-order valence-corrected chi connectivity index (χ4v) is 2.13. The highest BCUT2D eigenvalue weighted by atomic mass is 19.1. The first kappa shape index (κ1) is 17.6. The molecule has 0 saturated carbocycles. The standard InChI is InChI=1S/C18H18F2N2O2/c1-12(11-21-17(23)13-5-3-7-15(19)9-13)22(2)18(24)14-6-4-8-16(20)10-14/h3-10,12H,11H2,1-2H3,(H,21,23)/t12-/m0/s1. The Balaban J connectivity index is 1.95. The second-order valence-electron chi connectivity index (χ2n) is 5.50. The van der Waals surface area contributed by atoms with E-state index in [0.717, 1.165) is 12.1 Å². The van der Waals surface area contributed by atoms with Gasteiger partial charge in [0.15, 0.2) is 0 Å². The average Bonchev–Trinajstić information content (AvgIpc) is 2.58. The molecular formula is C18H18F2N2O2. The zero-order chi connectivity index (χ0) is 17.7. The van der Waals surface area contributed by atoms with Crippen molar-refractivity contribution in [1.29, 1.82) is 0 Å². The molecule has 0 bridgehead atoms. The summed E-state index contributed by atoms with van der Waals surface area (Å²) in [6, 6.07) is 10.5. The Morgan fingerprint density at radius 2 is 1.58 bits per heavy atom. The molecule has 4 nitrogen and oxygen atoms in total. The lowest BCUT2D eigenvalue weighted by atomic mass is 10.1. The number of benzene rings is 2. The van der Waals surface area contributed by atoms with Crippen molar-refractivity contribution >= 4 is 11.8 Å². The van der Waals surface area contributed by atoms with Crippen molar-refractivity contribution in [3.63, 3.8) is 0 Å². The van der Waals surface area contributed by atoms with Crippen molar-refractivity contribution in [2.75, 3.05) is 13.6 Å². The average molecular weight is 332 g/mol. The third-order valence-corrected chi connectivity index (χ3v) is 3.70. The molecule has 0 unspecified atom stereocenters. The zero-order valence-electron chi connectivity index (χ0n) is 13.4. The van der Waals surface area contributed by atoms with Crippen LogP contribution in [0.2, 0.25) is 0 Å². The molecule has 0 heterocycles. The van der Waals surface area contributed by atoms with E-state index >= 15 is 0 Å². The fraction of sp³-hybridized carbons (Fsp3) is 0.222. The molecule has 2 aromatic rings. The summed E-state index contributed by atoms with van der Waals surface area (Å²) in [4.78, 5) is 25.7. The maximum absolute atomic E-state index is 13.2. The first-order valence-corrected chi connectivity index (χ1v) is 7.45. The number of nitrogens with zero attached hydrogens (tertiary/aromatic N) is 1. The van der Waals surface area contributed by atoms with Gasteiger partial charge in [0, 0.05) is 30.8 Å². The fourth-order valence-electron chi connectivity index (χ4n) is 2.13. The van der Waals surface area contributed by atoms with E-state index in [1.165, 1.54) is 41.3 Å². The minimum Gasteiger partial charge on any atom is -0.350 e. The van der Waals surface area contributed by atoms with E-state index in [1.807, 2.05) is 0 Å². The third kappa shape index (κ3) is 4.38. The number of hydrogen-bond acceptors (Lipinski definition) is 2. The number of likely N-dealkylation sites (N-methyl/N-ethyl adjacent to an activating group) is 1. The quantitative estimate of drug-likeness (QED) is 0.915. The molecule has 0 fully saturated rings. The van der Waals surface area contributed by atoms with Gasteiger partial charge < -0.3 is 10.2 Å². The Kier molecular flexibility index (Phi) is 5.63. The summed E-state index contributed by atoms with van der Waals surface area (Å²) in [5.41, 5.74) is 0.446. The van der Waals surface area contributed by atoms with Gasteiger partial charge in [-0.15, -0.1) is 0 Å². The molecule has 0 spiro atoms. The van der Waals surface area contributed by atoms with Crippen LogP contribution < -0.4 is 5.32 Å². The number of halogens is 2.